The molecule has 0 saturated carbocycles. The van der Waals surface area contributed by atoms with Gasteiger partial charge in [-0.05, 0) is 41.6 Å². The van der Waals surface area contributed by atoms with Crippen LogP contribution in [0.5, 0.6) is 0 Å². The zero-order valence-corrected chi connectivity index (χ0v) is 9.38. The minimum Gasteiger partial charge on any atom is -0.294 e. The van der Waals surface area contributed by atoms with E-state index in [2.05, 4.69) is 22.6 Å². The summed E-state index contributed by atoms with van der Waals surface area (Å²) in [5.74, 6) is 0.225. The molecule has 0 saturated heterocycles. The molecule has 1 aromatic carbocycles. The number of hydrogen-bond donors (Lipinski definition) is 0. The molecule has 0 heterocycles. The summed E-state index contributed by atoms with van der Waals surface area (Å²) in [6.07, 6.45) is 0.583. The number of rotatable bonds is 2. The van der Waals surface area contributed by atoms with E-state index in [-0.39, 0.29) is 5.78 Å². The van der Waals surface area contributed by atoms with Crippen LogP contribution in [0.1, 0.15) is 29.3 Å². The summed E-state index contributed by atoms with van der Waals surface area (Å²) in [5.41, 5.74) is 2.00. The summed E-state index contributed by atoms with van der Waals surface area (Å²) in [6, 6.07) is 5.96. The third kappa shape index (κ3) is 2.06. The first-order valence-electron chi connectivity index (χ1n) is 3.94. The normalized spacial score (nSPS) is 9.92. The minimum atomic E-state index is 0.225. The van der Waals surface area contributed by atoms with Crippen LogP contribution in [0.15, 0.2) is 18.2 Å². The van der Waals surface area contributed by atoms with Gasteiger partial charge >= 0.3 is 0 Å². The fourth-order valence-corrected chi connectivity index (χ4v) is 1.68. The van der Waals surface area contributed by atoms with Crippen molar-refractivity contribution in [1.82, 2.24) is 0 Å². The molecule has 1 aromatic rings. The molecule has 0 aliphatic rings. The predicted molar refractivity (Wildman–Crippen MR) is 58.5 cm³/mol. The number of carbonyl (C=O) groups excluding carboxylic acids is 1. The Labute approximate surface area is 86.3 Å². The van der Waals surface area contributed by atoms with Gasteiger partial charge in [-0.15, -0.1) is 0 Å². The van der Waals surface area contributed by atoms with Crippen molar-refractivity contribution in [1.29, 1.82) is 0 Å². The predicted octanol–water partition coefficient (Wildman–Crippen LogP) is 3.19. The van der Waals surface area contributed by atoms with E-state index in [1.807, 2.05) is 32.0 Å². The summed E-state index contributed by atoms with van der Waals surface area (Å²) in [5, 5.41) is 0. The fraction of sp³-hybridized carbons (Fsp3) is 0.300. The Morgan fingerprint density at radius 3 is 2.75 bits per heavy atom. The molecule has 0 aromatic heterocycles. The lowest BCUT2D eigenvalue weighted by molar-refractivity contribution is 0.0987. The Hall–Kier alpha value is -0.380. The first-order valence-corrected chi connectivity index (χ1v) is 5.02. The second-order valence-corrected chi connectivity index (χ2v) is 3.92. The molecular weight excluding hydrogens is 263 g/mol. The summed E-state index contributed by atoms with van der Waals surface area (Å²) in [6.45, 7) is 3.89. The smallest absolute Gasteiger partial charge is 0.163 e. The SMILES string of the molecule is CCC(=O)c1cc(C)ccc1I. The molecule has 0 aliphatic carbocycles. The van der Waals surface area contributed by atoms with Gasteiger partial charge in [0, 0.05) is 15.6 Å². The van der Waals surface area contributed by atoms with E-state index in [0.717, 1.165) is 14.7 Å². The first-order chi connectivity index (χ1) is 5.65. The van der Waals surface area contributed by atoms with Gasteiger partial charge in [0.2, 0.25) is 0 Å². The highest BCUT2D eigenvalue weighted by atomic mass is 127. The highest BCUT2D eigenvalue weighted by molar-refractivity contribution is 14.1. The largest absolute Gasteiger partial charge is 0.294 e. The molecule has 2 heteroatoms. The van der Waals surface area contributed by atoms with E-state index >= 15 is 0 Å². The van der Waals surface area contributed by atoms with Gasteiger partial charge < -0.3 is 0 Å². The highest BCUT2D eigenvalue weighted by Gasteiger charge is 2.06. The van der Waals surface area contributed by atoms with Gasteiger partial charge in [0.05, 0.1) is 0 Å². The monoisotopic (exact) mass is 274 g/mol. The van der Waals surface area contributed by atoms with Crippen LogP contribution in [0.4, 0.5) is 0 Å². The molecule has 0 N–H and O–H groups in total. The van der Waals surface area contributed by atoms with Crippen LogP contribution in [0.2, 0.25) is 0 Å². The fourth-order valence-electron chi connectivity index (χ4n) is 1.04. The summed E-state index contributed by atoms with van der Waals surface area (Å²) >= 11 is 2.19. The second-order valence-electron chi connectivity index (χ2n) is 2.76. The molecular formula is C10H11IO. The molecule has 1 rings (SSSR count). The second kappa shape index (κ2) is 4.03. The highest BCUT2D eigenvalue weighted by Crippen LogP contribution is 2.15. The van der Waals surface area contributed by atoms with Crippen LogP contribution in [0.3, 0.4) is 0 Å². The Morgan fingerprint density at radius 1 is 1.50 bits per heavy atom. The Morgan fingerprint density at radius 2 is 2.17 bits per heavy atom. The molecule has 1 nitrogen and oxygen atoms in total. The van der Waals surface area contributed by atoms with Gasteiger partial charge in [0.15, 0.2) is 5.78 Å². The van der Waals surface area contributed by atoms with Crippen molar-refractivity contribution in [3.05, 3.63) is 32.9 Å². The summed E-state index contributed by atoms with van der Waals surface area (Å²) in [4.78, 5) is 11.4. The van der Waals surface area contributed by atoms with Gasteiger partial charge in [0.25, 0.3) is 0 Å². The van der Waals surface area contributed by atoms with Crippen LogP contribution in [0.25, 0.3) is 0 Å². The van der Waals surface area contributed by atoms with Gasteiger partial charge in [-0.3, -0.25) is 4.79 Å². The minimum absolute atomic E-state index is 0.225. The van der Waals surface area contributed by atoms with Crippen LogP contribution in [0, 0.1) is 10.5 Å². The average Bonchev–Trinajstić information content (AvgIpc) is 2.08. The van der Waals surface area contributed by atoms with E-state index in [1.54, 1.807) is 0 Å². The summed E-state index contributed by atoms with van der Waals surface area (Å²) in [7, 11) is 0. The van der Waals surface area contributed by atoms with Crippen molar-refractivity contribution in [3.63, 3.8) is 0 Å². The molecule has 64 valence electrons. The molecule has 0 unspecified atom stereocenters. The van der Waals surface area contributed by atoms with Gasteiger partial charge in [-0.2, -0.15) is 0 Å². The van der Waals surface area contributed by atoms with Crippen molar-refractivity contribution in [2.24, 2.45) is 0 Å². The molecule has 0 atom stereocenters. The van der Waals surface area contributed by atoms with Crippen molar-refractivity contribution in [2.45, 2.75) is 20.3 Å². The van der Waals surface area contributed by atoms with Gasteiger partial charge in [0.1, 0.15) is 0 Å². The molecule has 0 radical (unpaired) electrons. The molecule has 0 fully saturated rings. The number of halogens is 1. The Bertz CT molecular complexity index is 305. The van der Waals surface area contributed by atoms with E-state index in [9.17, 15) is 4.79 Å². The van der Waals surface area contributed by atoms with Crippen molar-refractivity contribution < 1.29 is 4.79 Å². The topological polar surface area (TPSA) is 17.1 Å². The molecule has 0 spiro atoms. The van der Waals surface area contributed by atoms with E-state index < -0.39 is 0 Å². The molecule has 12 heavy (non-hydrogen) atoms. The van der Waals surface area contributed by atoms with Crippen molar-refractivity contribution in [3.8, 4) is 0 Å². The van der Waals surface area contributed by atoms with E-state index in [0.29, 0.717) is 6.42 Å². The van der Waals surface area contributed by atoms with Gasteiger partial charge in [-0.25, -0.2) is 0 Å². The molecule has 0 aliphatic heterocycles. The quantitative estimate of drug-likeness (QED) is 0.598. The van der Waals surface area contributed by atoms with E-state index in [4.69, 9.17) is 0 Å². The van der Waals surface area contributed by atoms with Crippen LogP contribution in [-0.4, -0.2) is 5.78 Å². The third-order valence-corrected chi connectivity index (χ3v) is 2.68. The maximum absolute atomic E-state index is 11.4. The number of Topliss-reactive ketones (excluding diaryl/α,β-unsaturated/α-hetero) is 1. The van der Waals surface area contributed by atoms with Crippen molar-refractivity contribution >= 4 is 28.4 Å². The maximum Gasteiger partial charge on any atom is 0.163 e. The van der Waals surface area contributed by atoms with Crippen LogP contribution in [-0.2, 0) is 0 Å². The standard InChI is InChI=1S/C10H11IO/c1-3-10(12)8-6-7(2)4-5-9(8)11/h4-6H,3H2,1-2H3. The number of hydrogen-bond acceptors (Lipinski definition) is 1. The number of carbonyl (C=O) groups is 1. The molecule has 0 bridgehead atoms. The lowest BCUT2D eigenvalue weighted by atomic mass is 10.1. The first kappa shape index (κ1) is 9.71. The average molecular weight is 274 g/mol. The van der Waals surface area contributed by atoms with Crippen LogP contribution < -0.4 is 0 Å². The lowest BCUT2D eigenvalue weighted by Crippen LogP contribution is -1.99. The van der Waals surface area contributed by atoms with Crippen molar-refractivity contribution in [2.75, 3.05) is 0 Å². The van der Waals surface area contributed by atoms with Gasteiger partial charge in [-0.1, -0.05) is 18.6 Å². The number of benzene rings is 1. The molecule has 0 amide bonds. The zero-order chi connectivity index (χ0) is 9.14. The Balaban J connectivity index is 3.13. The third-order valence-electron chi connectivity index (χ3n) is 1.74. The Kier molecular flexibility index (Phi) is 3.26. The lowest BCUT2D eigenvalue weighted by Gasteiger charge is -2.02. The number of ketones is 1. The summed E-state index contributed by atoms with van der Waals surface area (Å²) < 4.78 is 1.05. The zero-order valence-electron chi connectivity index (χ0n) is 7.23. The maximum atomic E-state index is 11.4. The number of aryl methyl sites for hydroxylation is 1. The van der Waals surface area contributed by atoms with Crippen LogP contribution >= 0.6 is 22.6 Å². The van der Waals surface area contributed by atoms with E-state index in [1.165, 1.54) is 0 Å².